The lowest BCUT2D eigenvalue weighted by Gasteiger charge is -2.22. The lowest BCUT2D eigenvalue weighted by Crippen LogP contribution is -2.29. The van der Waals surface area contributed by atoms with Crippen LogP contribution in [0.5, 0.6) is 0 Å². The minimum Gasteiger partial charge on any atom is -0.374 e. The highest BCUT2D eigenvalue weighted by atomic mass is 16.1. The van der Waals surface area contributed by atoms with Crippen LogP contribution in [-0.2, 0) is 0 Å². The molecule has 1 rings (SSSR count). The van der Waals surface area contributed by atoms with Crippen molar-refractivity contribution < 1.29 is 4.79 Å². The Morgan fingerprint density at radius 2 is 2.33 bits per heavy atom. The topological polar surface area (TPSA) is 71.2 Å². The fourth-order valence-electron chi connectivity index (χ4n) is 1.68. The number of rotatable bonds is 6. The number of amides is 1. The lowest BCUT2D eigenvalue weighted by molar-refractivity contribution is 0.0951. The van der Waals surface area contributed by atoms with Gasteiger partial charge in [0.2, 0.25) is 0 Å². The van der Waals surface area contributed by atoms with E-state index in [2.05, 4.69) is 22.1 Å². The normalized spacial score (nSPS) is 12.0. The van der Waals surface area contributed by atoms with E-state index in [1.807, 2.05) is 20.0 Å². The molecule has 0 radical (unpaired) electrons. The van der Waals surface area contributed by atoms with E-state index in [1.54, 1.807) is 12.3 Å². The maximum Gasteiger partial charge on any atom is 0.269 e. The van der Waals surface area contributed by atoms with Crippen molar-refractivity contribution in [3.05, 3.63) is 24.0 Å². The first kappa shape index (κ1) is 14.4. The second-order valence-electron chi connectivity index (χ2n) is 4.48. The Kier molecular flexibility index (Phi) is 5.58. The van der Waals surface area contributed by atoms with Crippen molar-refractivity contribution in [1.82, 2.24) is 10.3 Å². The van der Waals surface area contributed by atoms with Crippen LogP contribution in [0.25, 0.3) is 0 Å². The van der Waals surface area contributed by atoms with Crippen molar-refractivity contribution in [1.29, 1.82) is 0 Å². The quantitative estimate of drug-likeness (QED) is 0.785. The van der Waals surface area contributed by atoms with E-state index in [9.17, 15) is 4.79 Å². The highest BCUT2D eigenvalue weighted by Gasteiger charge is 2.10. The molecule has 1 aromatic rings. The molecule has 0 spiro atoms. The number of hydrogen-bond donors (Lipinski definition) is 2. The van der Waals surface area contributed by atoms with Crippen LogP contribution in [0.15, 0.2) is 18.3 Å². The second-order valence-corrected chi connectivity index (χ2v) is 4.48. The van der Waals surface area contributed by atoms with Gasteiger partial charge in [0.15, 0.2) is 0 Å². The summed E-state index contributed by atoms with van der Waals surface area (Å²) in [5.74, 6) is 0.274. The summed E-state index contributed by atoms with van der Waals surface area (Å²) in [7, 11) is 1.99. The van der Waals surface area contributed by atoms with Crippen LogP contribution in [0, 0.1) is 5.92 Å². The van der Waals surface area contributed by atoms with Gasteiger partial charge in [-0.25, -0.2) is 0 Å². The number of anilines is 1. The zero-order valence-corrected chi connectivity index (χ0v) is 11.3. The molecule has 0 aromatic carbocycles. The van der Waals surface area contributed by atoms with Crippen LogP contribution in [0.1, 0.15) is 24.3 Å². The van der Waals surface area contributed by atoms with Crippen molar-refractivity contribution in [3.63, 3.8) is 0 Å². The molecule has 0 saturated heterocycles. The Bertz CT molecular complexity index is 394. The minimum atomic E-state index is -0.139. The monoisotopic (exact) mass is 250 g/mol. The van der Waals surface area contributed by atoms with E-state index >= 15 is 0 Å². The summed E-state index contributed by atoms with van der Waals surface area (Å²) < 4.78 is 0. The average molecular weight is 250 g/mol. The third kappa shape index (κ3) is 4.00. The number of pyridine rings is 1. The zero-order chi connectivity index (χ0) is 13.5. The molecule has 3 N–H and O–H groups in total. The van der Waals surface area contributed by atoms with Crippen LogP contribution >= 0.6 is 0 Å². The van der Waals surface area contributed by atoms with Gasteiger partial charge in [-0.05, 0) is 31.5 Å². The van der Waals surface area contributed by atoms with Crippen LogP contribution in [0.3, 0.4) is 0 Å². The summed E-state index contributed by atoms with van der Waals surface area (Å²) in [6, 6.07) is 3.69. The lowest BCUT2D eigenvalue weighted by atomic mass is 10.1. The Hall–Kier alpha value is -1.62. The summed E-state index contributed by atoms with van der Waals surface area (Å²) in [4.78, 5) is 17.8. The highest BCUT2D eigenvalue weighted by Crippen LogP contribution is 2.14. The first-order valence-corrected chi connectivity index (χ1v) is 6.24. The van der Waals surface area contributed by atoms with Gasteiger partial charge in [0, 0.05) is 32.0 Å². The van der Waals surface area contributed by atoms with Crippen molar-refractivity contribution in [2.75, 3.05) is 31.6 Å². The predicted octanol–water partition coefficient (Wildman–Crippen LogP) is 0.862. The molecule has 5 nitrogen and oxygen atoms in total. The average Bonchev–Trinajstić information content (AvgIpc) is 2.39. The van der Waals surface area contributed by atoms with E-state index in [-0.39, 0.29) is 5.91 Å². The Labute approximate surface area is 108 Å². The third-order valence-electron chi connectivity index (χ3n) is 2.74. The van der Waals surface area contributed by atoms with Gasteiger partial charge in [-0.2, -0.15) is 0 Å². The highest BCUT2D eigenvalue weighted by molar-refractivity contribution is 5.93. The molecule has 1 unspecified atom stereocenters. The van der Waals surface area contributed by atoms with Crippen LogP contribution in [0.2, 0.25) is 0 Å². The Morgan fingerprint density at radius 1 is 1.61 bits per heavy atom. The summed E-state index contributed by atoms with van der Waals surface area (Å²) in [6.45, 7) is 6.10. The van der Waals surface area contributed by atoms with E-state index in [1.165, 1.54) is 0 Å². The summed E-state index contributed by atoms with van der Waals surface area (Å²) in [5.41, 5.74) is 7.04. The molecule has 18 heavy (non-hydrogen) atoms. The number of aromatic nitrogens is 1. The molecule has 0 aliphatic heterocycles. The predicted molar refractivity (Wildman–Crippen MR) is 73.7 cm³/mol. The van der Waals surface area contributed by atoms with Crippen LogP contribution < -0.4 is 16.0 Å². The van der Waals surface area contributed by atoms with Crippen LogP contribution in [0.4, 0.5) is 5.69 Å². The molecule has 100 valence electrons. The number of nitrogens with one attached hydrogen (secondary N) is 1. The fourth-order valence-corrected chi connectivity index (χ4v) is 1.68. The van der Waals surface area contributed by atoms with Gasteiger partial charge in [-0.15, -0.1) is 0 Å². The number of carbonyl (C=O) groups is 1. The summed E-state index contributed by atoms with van der Waals surface area (Å²) >= 11 is 0. The van der Waals surface area contributed by atoms with Gasteiger partial charge in [0.1, 0.15) is 5.69 Å². The fraction of sp³-hybridized carbons (Fsp3) is 0.538. The number of hydrogen-bond acceptors (Lipinski definition) is 4. The molecule has 1 amide bonds. The molecule has 0 aliphatic carbocycles. The number of nitrogens with two attached hydrogens (primary N) is 1. The zero-order valence-electron chi connectivity index (χ0n) is 11.3. The summed E-state index contributed by atoms with van der Waals surface area (Å²) in [5, 5.41) is 2.74. The molecule has 0 aliphatic rings. The van der Waals surface area contributed by atoms with Crippen molar-refractivity contribution >= 4 is 11.6 Å². The van der Waals surface area contributed by atoms with Gasteiger partial charge in [-0.1, -0.05) is 6.92 Å². The first-order valence-electron chi connectivity index (χ1n) is 6.24. The molecule has 1 aromatic heterocycles. The Morgan fingerprint density at radius 3 is 2.94 bits per heavy atom. The van der Waals surface area contributed by atoms with Gasteiger partial charge in [0.05, 0.1) is 0 Å². The number of carbonyl (C=O) groups excluding carboxylic acids is 1. The maximum absolute atomic E-state index is 11.7. The second kappa shape index (κ2) is 6.96. The largest absolute Gasteiger partial charge is 0.374 e. The SMILES string of the molecule is CCNC(=O)c1cc(N(C)CC(C)CN)ccn1. The molecule has 0 bridgehead atoms. The Balaban J connectivity index is 2.78. The molecule has 0 fully saturated rings. The van der Waals surface area contributed by atoms with E-state index in [0.29, 0.717) is 24.7 Å². The van der Waals surface area contributed by atoms with Gasteiger partial charge in [0.25, 0.3) is 5.91 Å². The van der Waals surface area contributed by atoms with E-state index in [0.717, 1.165) is 12.2 Å². The van der Waals surface area contributed by atoms with Gasteiger partial charge >= 0.3 is 0 Å². The minimum absolute atomic E-state index is 0.139. The summed E-state index contributed by atoms with van der Waals surface area (Å²) in [6.07, 6.45) is 1.66. The van der Waals surface area contributed by atoms with Gasteiger partial charge in [-0.3, -0.25) is 9.78 Å². The van der Waals surface area contributed by atoms with Crippen molar-refractivity contribution in [2.24, 2.45) is 11.7 Å². The van der Waals surface area contributed by atoms with Gasteiger partial charge < -0.3 is 16.0 Å². The molecular formula is C13H22N4O. The molecule has 1 atom stereocenters. The molecule has 0 saturated carbocycles. The van der Waals surface area contributed by atoms with Crippen LogP contribution in [-0.4, -0.2) is 37.6 Å². The van der Waals surface area contributed by atoms with Crippen molar-refractivity contribution in [2.45, 2.75) is 13.8 Å². The molecule has 5 heteroatoms. The third-order valence-corrected chi connectivity index (χ3v) is 2.74. The molecule has 1 heterocycles. The number of nitrogens with zero attached hydrogens (tertiary/aromatic N) is 2. The standard InChI is InChI=1S/C13H22N4O/c1-4-15-13(18)12-7-11(5-6-16-12)17(3)9-10(2)8-14/h5-7,10H,4,8-9,14H2,1-3H3,(H,15,18). The first-order chi connectivity index (χ1) is 8.58. The van der Waals surface area contributed by atoms with E-state index < -0.39 is 0 Å². The maximum atomic E-state index is 11.7. The smallest absolute Gasteiger partial charge is 0.269 e. The molecular weight excluding hydrogens is 228 g/mol. The van der Waals surface area contributed by atoms with Crippen molar-refractivity contribution in [3.8, 4) is 0 Å². The van der Waals surface area contributed by atoms with E-state index in [4.69, 9.17) is 5.73 Å².